The molecular weight excluding hydrogens is 454 g/mol. The van der Waals surface area contributed by atoms with E-state index in [2.05, 4.69) is 16.0 Å². The Morgan fingerprint density at radius 3 is 2.65 bits per heavy atom. The Kier molecular flexibility index (Phi) is 7.03. The third-order valence-corrected chi connectivity index (χ3v) is 6.09. The quantitative estimate of drug-likeness (QED) is 0.436. The highest BCUT2D eigenvalue weighted by molar-refractivity contribution is 8.00. The number of carbonyl (C=O) groups is 3. The molecule has 0 unspecified atom stereocenters. The van der Waals surface area contributed by atoms with Crippen molar-refractivity contribution in [1.29, 1.82) is 0 Å². The zero-order valence-electron chi connectivity index (χ0n) is 18.6. The summed E-state index contributed by atoms with van der Waals surface area (Å²) < 4.78 is 10.7. The average Bonchev–Trinajstić information content (AvgIpc) is 2.84. The number of carbonyl (C=O) groups excluding carboxylic acids is 3. The lowest BCUT2D eigenvalue weighted by Gasteiger charge is -2.23. The molecule has 0 aromatic heterocycles. The molecule has 0 bridgehead atoms. The number of hydrogen-bond acceptors (Lipinski definition) is 6. The van der Waals surface area contributed by atoms with Gasteiger partial charge in [0, 0.05) is 22.3 Å². The first kappa shape index (κ1) is 23.2. The number of amides is 3. The van der Waals surface area contributed by atoms with Crippen molar-refractivity contribution >= 4 is 46.5 Å². The lowest BCUT2D eigenvalue weighted by atomic mass is 10.2. The SMILES string of the molecule is COc1cccc(NC(=O)CSc2ccccc2C(=O)Nc2ccc3c(c2)NC(=O)[C@H](C)O3)c1. The molecule has 8 nitrogen and oxygen atoms in total. The van der Waals surface area contributed by atoms with Gasteiger partial charge in [0.25, 0.3) is 11.8 Å². The molecule has 0 saturated carbocycles. The van der Waals surface area contributed by atoms with E-state index in [4.69, 9.17) is 9.47 Å². The van der Waals surface area contributed by atoms with Gasteiger partial charge in [-0.25, -0.2) is 0 Å². The number of hydrogen-bond donors (Lipinski definition) is 3. The highest BCUT2D eigenvalue weighted by Gasteiger charge is 2.24. The van der Waals surface area contributed by atoms with E-state index in [0.29, 0.717) is 39.0 Å². The van der Waals surface area contributed by atoms with E-state index in [0.717, 1.165) is 0 Å². The molecule has 1 atom stereocenters. The van der Waals surface area contributed by atoms with E-state index in [1.807, 2.05) is 6.07 Å². The molecule has 3 amide bonds. The number of ether oxygens (including phenoxy) is 2. The summed E-state index contributed by atoms with van der Waals surface area (Å²) in [6, 6.07) is 19.2. The van der Waals surface area contributed by atoms with Crippen LogP contribution in [0.5, 0.6) is 11.5 Å². The molecule has 3 N–H and O–H groups in total. The highest BCUT2D eigenvalue weighted by atomic mass is 32.2. The molecule has 3 aromatic rings. The molecule has 3 aromatic carbocycles. The number of benzene rings is 3. The van der Waals surface area contributed by atoms with Crippen LogP contribution in [0.15, 0.2) is 71.6 Å². The van der Waals surface area contributed by atoms with Gasteiger partial charge < -0.3 is 25.4 Å². The zero-order valence-corrected chi connectivity index (χ0v) is 19.4. The van der Waals surface area contributed by atoms with Crippen molar-refractivity contribution in [1.82, 2.24) is 0 Å². The fourth-order valence-corrected chi connectivity index (χ4v) is 4.16. The molecule has 1 aliphatic heterocycles. The first-order valence-corrected chi connectivity index (χ1v) is 11.5. The molecule has 0 spiro atoms. The van der Waals surface area contributed by atoms with Crippen LogP contribution in [0.4, 0.5) is 17.1 Å². The van der Waals surface area contributed by atoms with Gasteiger partial charge >= 0.3 is 0 Å². The molecule has 1 aliphatic rings. The van der Waals surface area contributed by atoms with Gasteiger partial charge in [-0.1, -0.05) is 18.2 Å². The lowest BCUT2D eigenvalue weighted by Crippen LogP contribution is -2.34. The fourth-order valence-electron chi connectivity index (χ4n) is 3.31. The van der Waals surface area contributed by atoms with Crippen molar-refractivity contribution in [2.45, 2.75) is 17.9 Å². The van der Waals surface area contributed by atoms with Crippen LogP contribution in [-0.4, -0.2) is 36.7 Å². The Morgan fingerprint density at radius 1 is 1.03 bits per heavy atom. The highest BCUT2D eigenvalue weighted by Crippen LogP contribution is 2.32. The van der Waals surface area contributed by atoms with E-state index in [9.17, 15) is 14.4 Å². The van der Waals surface area contributed by atoms with Crippen LogP contribution in [0.3, 0.4) is 0 Å². The summed E-state index contributed by atoms with van der Waals surface area (Å²) >= 11 is 1.27. The first-order valence-electron chi connectivity index (χ1n) is 10.5. The first-order chi connectivity index (χ1) is 16.4. The number of fused-ring (bicyclic) bond motifs is 1. The Labute approximate surface area is 201 Å². The van der Waals surface area contributed by atoms with E-state index in [1.54, 1.807) is 74.7 Å². The Balaban J connectivity index is 1.41. The van der Waals surface area contributed by atoms with Gasteiger partial charge in [-0.3, -0.25) is 14.4 Å². The summed E-state index contributed by atoms with van der Waals surface area (Å²) in [5.74, 6) is 0.547. The van der Waals surface area contributed by atoms with Gasteiger partial charge in [-0.15, -0.1) is 11.8 Å². The van der Waals surface area contributed by atoms with Crippen molar-refractivity contribution in [2.75, 3.05) is 28.8 Å². The third-order valence-electron chi connectivity index (χ3n) is 5.01. The normalized spacial score (nSPS) is 14.3. The second-order valence-electron chi connectivity index (χ2n) is 7.48. The topological polar surface area (TPSA) is 106 Å². The monoisotopic (exact) mass is 477 g/mol. The van der Waals surface area contributed by atoms with Crippen LogP contribution in [-0.2, 0) is 9.59 Å². The minimum absolute atomic E-state index is 0.127. The second-order valence-corrected chi connectivity index (χ2v) is 8.50. The van der Waals surface area contributed by atoms with Crippen LogP contribution < -0.4 is 25.4 Å². The molecular formula is C25H23N3O5S. The van der Waals surface area contributed by atoms with Crippen LogP contribution in [0, 0.1) is 0 Å². The predicted octanol–water partition coefficient (Wildman–Crippen LogP) is 4.40. The number of nitrogens with one attached hydrogen (secondary N) is 3. The van der Waals surface area contributed by atoms with E-state index < -0.39 is 6.10 Å². The van der Waals surface area contributed by atoms with Crippen molar-refractivity contribution in [2.24, 2.45) is 0 Å². The minimum Gasteiger partial charge on any atom is -0.497 e. The van der Waals surface area contributed by atoms with Crippen LogP contribution >= 0.6 is 11.8 Å². The fraction of sp³-hybridized carbons (Fsp3) is 0.160. The number of rotatable bonds is 7. The zero-order chi connectivity index (χ0) is 24.1. The van der Waals surface area contributed by atoms with Crippen molar-refractivity contribution in [3.8, 4) is 11.5 Å². The number of thioether (sulfide) groups is 1. The molecule has 0 radical (unpaired) electrons. The lowest BCUT2D eigenvalue weighted by molar-refractivity contribution is -0.122. The summed E-state index contributed by atoms with van der Waals surface area (Å²) in [4.78, 5) is 37.9. The number of methoxy groups -OCH3 is 1. The van der Waals surface area contributed by atoms with Crippen LogP contribution in [0.25, 0.3) is 0 Å². The average molecular weight is 478 g/mol. The van der Waals surface area contributed by atoms with Crippen molar-refractivity contribution < 1.29 is 23.9 Å². The van der Waals surface area contributed by atoms with Crippen LogP contribution in [0.2, 0.25) is 0 Å². The van der Waals surface area contributed by atoms with Crippen LogP contribution in [0.1, 0.15) is 17.3 Å². The van der Waals surface area contributed by atoms with Gasteiger partial charge in [0.2, 0.25) is 5.91 Å². The van der Waals surface area contributed by atoms with Crippen molar-refractivity contribution in [3.63, 3.8) is 0 Å². The predicted molar refractivity (Wildman–Crippen MR) is 132 cm³/mol. The van der Waals surface area contributed by atoms with Gasteiger partial charge in [0.15, 0.2) is 6.10 Å². The Morgan fingerprint density at radius 2 is 1.82 bits per heavy atom. The van der Waals surface area contributed by atoms with E-state index in [1.165, 1.54) is 11.8 Å². The van der Waals surface area contributed by atoms with E-state index >= 15 is 0 Å². The van der Waals surface area contributed by atoms with Gasteiger partial charge in [0.1, 0.15) is 11.5 Å². The molecule has 0 aliphatic carbocycles. The third kappa shape index (κ3) is 5.49. The Hall–Kier alpha value is -3.98. The number of anilines is 3. The molecule has 9 heteroatoms. The minimum atomic E-state index is -0.571. The van der Waals surface area contributed by atoms with Gasteiger partial charge in [-0.2, -0.15) is 0 Å². The maximum Gasteiger partial charge on any atom is 0.265 e. The second kappa shape index (κ2) is 10.3. The largest absolute Gasteiger partial charge is 0.497 e. The summed E-state index contributed by atoms with van der Waals surface area (Å²) in [7, 11) is 1.56. The van der Waals surface area contributed by atoms with Gasteiger partial charge in [0.05, 0.1) is 24.1 Å². The summed E-state index contributed by atoms with van der Waals surface area (Å²) in [6.45, 7) is 1.67. The van der Waals surface area contributed by atoms with E-state index in [-0.39, 0.29) is 23.5 Å². The molecule has 0 saturated heterocycles. The maximum absolute atomic E-state index is 13.0. The molecule has 0 fully saturated rings. The maximum atomic E-state index is 13.0. The summed E-state index contributed by atoms with van der Waals surface area (Å²) in [5.41, 5.74) is 2.08. The summed E-state index contributed by atoms with van der Waals surface area (Å²) in [5, 5.41) is 8.43. The molecule has 34 heavy (non-hydrogen) atoms. The standard InChI is InChI=1S/C25H23N3O5S/c1-15-24(30)28-20-13-17(10-11-21(20)33-15)27-25(31)19-8-3-4-9-22(19)34-14-23(29)26-16-6-5-7-18(12-16)32-2/h3-13,15H,14H2,1-2H3,(H,26,29)(H,27,31)(H,28,30)/t15-/m0/s1. The van der Waals surface area contributed by atoms with Gasteiger partial charge in [-0.05, 0) is 49.4 Å². The van der Waals surface area contributed by atoms with Crippen molar-refractivity contribution in [3.05, 3.63) is 72.3 Å². The summed E-state index contributed by atoms with van der Waals surface area (Å²) in [6.07, 6.45) is -0.571. The Bertz CT molecular complexity index is 1250. The molecule has 174 valence electrons. The molecule has 1 heterocycles. The smallest absolute Gasteiger partial charge is 0.265 e. The molecule has 4 rings (SSSR count).